The molecule has 10 heavy (non-hydrogen) atoms. The fraction of sp³-hybridized carbons (Fsp3) is 0.125. The predicted octanol–water partition coefficient (Wildman–Crippen LogP) is 1.45. The topological polar surface area (TPSA) is 24.4 Å². The molecule has 0 saturated carbocycles. The average molecular weight is 132 g/mol. The highest BCUT2D eigenvalue weighted by Gasteiger charge is 2.00. The lowest BCUT2D eigenvalue weighted by Crippen LogP contribution is -2.13. The number of hydrogen-bond acceptors (Lipinski definition) is 2. The molecular weight excluding hydrogens is 124 g/mol. The number of benzene rings is 1. The van der Waals surface area contributed by atoms with Gasteiger partial charge in [0.2, 0.25) is 0 Å². The van der Waals surface area contributed by atoms with Gasteiger partial charge >= 0.3 is 0 Å². The number of fused-ring (bicyclic) bond motifs is 1. The third kappa shape index (κ3) is 0.778. The van der Waals surface area contributed by atoms with Crippen molar-refractivity contribution in [3.63, 3.8) is 0 Å². The third-order valence-electron chi connectivity index (χ3n) is 1.58. The maximum atomic E-state index is 4.16. The van der Waals surface area contributed by atoms with E-state index in [-0.39, 0.29) is 0 Å². The fourth-order valence-corrected chi connectivity index (χ4v) is 1.06. The third-order valence-corrected chi connectivity index (χ3v) is 1.58. The zero-order valence-electron chi connectivity index (χ0n) is 5.54. The van der Waals surface area contributed by atoms with E-state index in [1.165, 1.54) is 5.56 Å². The SMILES string of the molecule is C1=Nc2ccccc2CN1. The zero-order chi connectivity index (χ0) is 6.81. The van der Waals surface area contributed by atoms with E-state index in [1.807, 2.05) is 18.2 Å². The molecule has 1 N–H and O–H groups in total. The number of para-hydroxylation sites is 1. The van der Waals surface area contributed by atoms with Gasteiger partial charge in [0.05, 0.1) is 12.0 Å². The Morgan fingerprint density at radius 1 is 1.30 bits per heavy atom. The minimum atomic E-state index is 0.902. The van der Waals surface area contributed by atoms with Crippen LogP contribution in [0, 0.1) is 0 Å². The van der Waals surface area contributed by atoms with Crippen LogP contribution in [0.3, 0.4) is 0 Å². The van der Waals surface area contributed by atoms with Gasteiger partial charge in [-0.3, -0.25) is 0 Å². The predicted molar refractivity (Wildman–Crippen MR) is 41.4 cm³/mol. The number of hydrogen-bond donors (Lipinski definition) is 1. The van der Waals surface area contributed by atoms with Crippen LogP contribution in [0.15, 0.2) is 29.3 Å². The molecule has 1 aliphatic heterocycles. The first-order chi connectivity index (χ1) is 4.97. The van der Waals surface area contributed by atoms with Crippen molar-refractivity contribution in [1.82, 2.24) is 5.32 Å². The van der Waals surface area contributed by atoms with Crippen LogP contribution >= 0.6 is 0 Å². The first-order valence-corrected chi connectivity index (χ1v) is 3.30. The Morgan fingerprint density at radius 3 is 3.10 bits per heavy atom. The van der Waals surface area contributed by atoms with Crippen molar-refractivity contribution >= 4 is 12.0 Å². The molecule has 2 rings (SSSR count). The van der Waals surface area contributed by atoms with Crippen LogP contribution in [0.25, 0.3) is 0 Å². The molecule has 50 valence electrons. The number of nitrogens with zero attached hydrogens (tertiary/aromatic N) is 1. The van der Waals surface area contributed by atoms with Crippen LogP contribution in [0.5, 0.6) is 0 Å². The molecular formula is C8H8N2. The summed E-state index contributed by atoms with van der Waals surface area (Å²) in [6.45, 7) is 0.902. The Balaban J connectivity index is 2.54. The lowest BCUT2D eigenvalue weighted by molar-refractivity contribution is 0.913. The van der Waals surface area contributed by atoms with Crippen molar-refractivity contribution in [1.29, 1.82) is 0 Å². The second-order valence-corrected chi connectivity index (χ2v) is 2.27. The van der Waals surface area contributed by atoms with Crippen molar-refractivity contribution < 1.29 is 0 Å². The van der Waals surface area contributed by atoms with E-state index in [9.17, 15) is 0 Å². The van der Waals surface area contributed by atoms with Gasteiger partial charge < -0.3 is 5.32 Å². The molecule has 0 radical (unpaired) electrons. The maximum Gasteiger partial charge on any atom is 0.0889 e. The Bertz CT molecular complexity index is 266. The number of aliphatic imine (C=N–C) groups is 1. The standard InChI is InChI=1S/C8H8N2/c1-2-4-8-7(3-1)5-9-6-10-8/h1-4,6H,5H2,(H,9,10). The zero-order valence-corrected chi connectivity index (χ0v) is 5.54. The molecule has 1 aliphatic rings. The summed E-state index contributed by atoms with van der Waals surface area (Å²) in [4.78, 5) is 4.16. The quantitative estimate of drug-likeness (QED) is 0.567. The first-order valence-electron chi connectivity index (χ1n) is 3.30. The van der Waals surface area contributed by atoms with E-state index < -0.39 is 0 Å². The van der Waals surface area contributed by atoms with Gasteiger partial charge in [-0.2, -0.15) is 0 Å². The van der Waals surface area contributed by atoms with Crippen molar-refractivity contribution in [3.05, 3.63) is 29.8 Å². The summed E-state index contributed by atoms with van der Waals surface area (Å²) in [7, 11) is 0. The van der Waals surface area contributed by atoms with Crippen molar-refractivity contribution in [3.8, 4) is 0 Å². The maximum absolute atomic E-state index is 4.16. The van der Waals surface area contributed by atoms with Crippen LogP contribution in [0.2, 0.25) is 0 Å². The first kappa shape index (κ1) is 5.47. The van der Waals surface area contributed by atoms with Crippen molar-refractivity contribution in [2.75, 3.05) is 0 Å². The minimum Gasteiger partial charge on any atom is -0.372 e. The molecule has 1 aromatic rings. The molecule has 0 saturated heterocycles. The molecule has 0 spiro atoms. The summed E-state index contributed by atoms with van der Waals surface area (Å²) in [5, 5.41) is 3.05. The highest BCUT2D eigenvalue weighted by molar-refractivity contribution is 5.66. The Kier molecular flexibility index (Phi) is 1.17. The molecule has 2 heteroatoms. The van der Waals surface area contributed by atoms with Crippen molar-refractivity contribution in [2.45, 2.75) is 6.54 Å². The molecule has 0 fully saturated rings. The van der Waals surface area contributed by atoms with Crippen LogP contribution in [0.1, 0.15) is 5.56 Å². The lowest BCUT2D eigenvalue weighted by atomic mass is 10.2. The minimum absolute atomic E-state index is 0.902. The molecule has 0 aromatic heterocycles. The van der Waals surface area contributed by atoms with Gasteiger partial charge in [-0.15, -0.1) is 0 Å². The molecule has 0 atom stereocenters. The molecule has 2 nitrogen and oxygen atoms in total. The second kappa shape index (κ2) is 2.14. The fourth-order valence-electron chi connectivity index (χ4n) is 1.06. The Labute approximate surface area is 59.6 Å². The van der Waals surface area contributed by atoms with Gasteiger partial charge in [-0.1, -0.05) is 18.2 Å². The van der Waals surface area contributed by atoms with E-state index in [2.05, 4.69) is 16.4 Å². The Morgan fingerprint density at radius 2 is 2.20 bits per heavy atom. The average Bonchev–Trinajstić information content (AvgIpc) is 2.05. The summed E-state index contributed by atoms with van der Waals surface area (Å²) < 4.78 is 0. The molecule has 1 aromatic carbocycles. The van der Waals surface area contributed by atoms with Crippen LogP contribution in [0.4, 0.5) is 5.69 Å². The second-order valence-electron chi connectivity index (χ2n) is 2.27. The normalized spacial score (nSPS) is 14.0. The van der Waals surface area contributed by atoms with Crippen molar-refractivity contribution in [2.24, 2.45) is 4.99 Å². The van der Waals surface area contributed by atoms with E-state index >= 15 is 0 Å². The van der Waals surface area contributed by atoms with E-state index in [1.54, 1.807) is 6.34 Å². The van der Waals surface area contributed by atoms with Crippen LogP contribution in [-0.4, -0.2) is 6.34 Å². The Hall–Kier alpha value is -1.31. The summed E-state index contributed by atoms with van der Waals surface area (Å²) in [6.07, 6.45) is 1.74. The van der Waals surface area contributed by atoms with Gasteiger partial charge in [0.15, 0.2) is 0 Å². The molecule has 0 amide bonds. The van der Waals surface area contributed by atoms with Gasteiger partial charge in [-0.05, 0) is 11.6 Å². The van der Waals surface area contributed by atoms with E-state index in [0.29, 0.717) is 0 Å². The largest absolute Gasteiger partial charge is 0.372 e. The van der Waals surface area contributed by atoms with E-state index in [0.717, 1.165) is 12.2 Å². The van der Waals surface area contributed by atoms with E-state index in [4.69, 9.17) is 0 Å². The highest BCUT2D eigenvalue weighted by Crippen LogP contribution is 2.19. The summed E-state index contributed by atoms with van der Waals surface area (Å²) >= 11 is 0. The van der Waals surface area contributed by atoms with Gasteiger partial charge in [0.25, 0.3) is 0 Å². The summed E-state index contributed by atoms with van der Waals surface area (Å²) in [5.41, 5.74) is 2.35. The molecule has 0 unspecified atom stereocenters. The highest BCUT2D eigenvalue weighted by atomic mass is 15.0. The molecule has 0 bridgehead atoms. The van der Waals surface area contributed by atoms with Gasteiger partial charge in [0, 0.05) is 6.54 Å². The molecule has 1 heterocycles. The van der Waals surface area contributed by atoms with Gasteiger partial charge in [-0.25, -0.2) is 4.99 Å². The smallest absolute Gasteiger partial charge is 0.0889 e. The van der Waals surface area contributed by atoms with Crippen LogP contribution in [-0.2, 0) is 6.54 Å². The van der Waals surface area contributed by atoms with Crippen LogP contribution < -0.4 is 5.32 Å². The monoisotopic (exact) mass is 132 g/mol. The number of nitrogens with one attached hydrogen (secondary N) is 1. The molecule has 0 aliphatic carbocycles. The summed E-state index contributed by atoms with van der Waals surface area (Å²) in [6, 6.07) is 8.13. The summed E-state index contributed by atoms with van der Waals surface area (Å²) in [5.74, 6) is 0. The van der Waals surface area contributed by atoms with Gasteiger partial charge in [0.1, 0.15) is 0 Å². The number of rotatable bonds is 0. The lowest BCUT2D eigenvalue weighted by Gasteiger charge is -2.09.